The zero-order chi connectivity index (χ0) is 23.0. The SMILES string of the molecule is CO[C@H]1O[C@@H](C)[C@@H]2[C@@H](/C=C/[C@H]3CCC[C@H](C)N3C(=O)OC(C)(C)C)[C@H]3CCCC[C@@H]3C[C@H]12. The van der Waals surface area contributed by atoms with Crippen molar-refractivity contribution >= 4 is 6.09 Å². The van der Waals surface area contributed by atoms with Crippen LogP contribution in [0.2, 0.25) is 0 Å². The lowest BCUT2D eigenvalue weighted by Gasteiger charge is -2.47. The molecular weight excluding hydrogens is 402 g/mol. The molecule has 0 radical (unpaired) electrons. The lowest BCUT2D eigenvalue weighted by molar-refractivity contribution is -0.132. The van der Waals surface area contributed by atoms with Crippen molar-refractivity contribution in [3.8, 4) is 0 Å². The lowest BCUT2D eigenvalue weighted by Crippen LogP contribution is -2.50. The van der Waals surface area contributed by atoms with Crippen molar-refractivity contribution in [2.75, 3.05) is 7.11 Å². The molecule has 0 aromatic rings. The summed E-state index contributed by atoms with van der Waals surface area (Å²) in [6, 6.07) is 0.327. The minimum Gasteiger partial charge on any atom is -0.444 e. The number of ether oxygens (including phenoxy) is 3. The number of methoxy groups -OCH3 is 1. The first-order chi connectivity index (χ1) is 15.2. The molecule has 2 saturated heterocycles. The van der Waals surface area contributed by atoms with E-state index in [0.717, 1.165) is 31.1 Å². The summed E-state index contributed by atoms with van der Waals surface area (Å²) in [5.74, 6) is 3.01. The van der Waals surface area contributed by atoms with Gasteiger partial charge in [0.2, 0.25) is 0 Å². The van der Waals surface area contributed by atoms with E-state index in [4.69, 9.17) is 14.2 Å². The Morgan fingerprint density at radius 3 is 2.47 bits per heavy atom. The van der Waals surface area contributed by atoms with Gasteiger partial charge in [-0.3, -0.25) is 4.90 Å². The number of carbonyl (C=O) groups excluding carboxylic acids is 1. The van der Waals surface area contributed by atoms with Gasteiger partial charge in [-0.25, -0.2) is 4.79 Å². The topological polar surface area (TPSA) is 48.0 Å². The monoisotopic (exact) mass is 447 g/mol. The fourth-order valence-electron chi connectivity index (χ4n) is 7.27. The van der Waals surface area contributed by atoms with E-state index >= 15 is 0 Å². The van der Waals surface area contributed by atoms with E-state index in [1.807, 2.05) is 25.7 Å². The molecule has 0 spiro atoms. The van der Waals surface area contributed by atoms with Gasteiger partial charge in [0.15, 0.2) is 6.29 Å². The van der Waals surface area contributed by atoms with Gasteiger partial charge in [-0.15, -0.1) is 0 Å². The zero-order valence-corrected chi connectivity index (χ0v) is 21.1. The molecule has 2 aliphatic carbocycles. The highest BCUT2D eigenvalue weighted by atomic mass is 16.7. The molecule has 182 valence electrons. The van der Waals surface area contributed by atoms with Gasteiger partial charge in [0.05, 0.1) is 12.1 Å². The number of nitrogens with zero attached hydrogens (tertiary/aromatic N) is 1. The van der Waals surface area contributed by atoms with E-state index in [9.17, 15) is 4.79 Å². The van der Waals surface area contributed by atoms with Crippen LogP contribution in [0.15, 0.2) is 12.2 Å². The summed E-state index contributed by atoms with van der Waals surface area (Å²) in [5.41, 5.74) is -0.472. The summed E-state index contributed by atoms with van der Waals surface area (Å²) in [7, 11) is 1.79. The fourth-order valence-corrected chi connectivity index (χ4v) is 7.27. The Hall–Kier alpha value is -1.07. The standard InChI is InChI=1S/C27H45NO4/c1-17-10-9-12-20(28(17)26(29)32-27(3,4)5)14-15-22-21-13-8-7-11-19(21)16-23-24(22)18(2)31-25(23)30-6/h14-15,17-25H,7-13,16H2,1-6H3/b15-14+/t17-,18-,19+,20+,21-,22-,23-,24+,25-/m0/s1. The Morgan fingerprint density at radius 1 is 1.00 bits per heavy atom. The number of rotatable bonds is 3. The smallest absolute Gasteiger partial charge is 0.411 e. The maximum atomic E-state index is 13.1. The number of hydrogen-bond donors (Lipinski definition) is 0. The van der Waals surface area contributed by atoms with E-state index in [1.165, 1.54) is 32.1 Å². The van der Waals surface area contributed by atoms with Crippen LogP contribution in [0.25, 0.3) is 0 Å². The first kappa shape index (κ1) is 24.1. The van der Waals surface area contributed by atoms with Crippen LogP contribution in [0.1, 0.15) is 86.0 Å². The van der Waals surface area contributed by atoms with Crippen molar-refractivity contribution in [2.24, 2.45) is 29.6 Å². The number of carbonyl (C=O) groups is 1. The summed E-state index contributed by atoms with van der Waals surface area (Å²) >= 11 is 0. The van der Waals surface area contributed by atoms with Gasteiger partial charge in [0, 0.05) is 19.1 Å². The molecule has 4 aliphatic rings. The van der Waals surface area contributed by atoms with Gasteiger partial charge in [-0.05, 0) is 90.4 Å². The summed E-state index contributed by atoms with van der Waals surface area (Å²) in [4.78, 5) is 15.1. The first-order valence-electron chi connectivity index (χ1n) is 13.1. The van der Waals surface area contributed by atoms with Gasteiger partial charge >= 0.3 is 6.09 Å². The molecule has 4 fully saturated rings. The Morgan fingerprint density at radius 2 is 1.75 bits per heavy atom. The zero-order valence-electron chi connectivity index (χ0n) is 21.1. The average molecular weight is 448 g/mol. The molecule has 2 saturated carbocycles. The molecule has 0 unspecified atom stereocenters. The highest BCUT2D eigenvalue weighted by Crippen LogP contribution is 2.55. The Bertz CT molecular complexity index is 686. The second-order valence-corrected chi connectivity index (χ2v) is 11.8. The molecule has 5 heteroatoms. The Labute approximate surface area is 195 Å². The van der Waals surface area contributed by atoms with E-state index in [2.05, 4.69) is 26.0 Å². The van der Waals surface area contributed by atoms with Crippen molar-refractivity contribution in [3.05, 3.63) is 12.2 Å². The maximum Gasteiger partial charge on any atom is 0.411 e. The maximum absolute atomic E-state index is 13.1. The molecule has 9 atom stereocenters. The second kappa shape index (κ2) is 9.66. The van der Waals surface area contributed by atoms with E-state index in [-0.39, 0.29) is 30.6 Å². The largest absolute Gasteiger partial charge is 0.444 e. The number of piperidine rings is 1. The number of likely N-dealkylation sites (tertiary alicyclic amines) is 1. The lowest BCUT2D eigenvalue weighted by atomic mass is 9.57. The van der Waals surface area contributed by atoms with Crippen LogP contribution in [0.5, 0.6) is 0 Å². The quantitative estimate of drug-likeness (QED) is 0.485. The van der Waals surface area contributed by atoms with Gasteiger partial charge in [-0.2, -0.15) is 0 Å². The number of amides is 1. The van der Waals surface area contributed by atoms with Crippen LogP contribution in [0.3, 0.4) is 0 Å². The summed E-state index contributed by atoms with van der Waals surface area (Å²) in [5, 5.41) is 0. The van der Waals surface area contributed by atoms with E-state index < -0.39 is 5.60 Å². The van der Waals surface area contributed by atoms with Crippen LogP contribution < -0.4 is 0 Å². The average Bonchev–Trinajstić information content (AvgIpc) is 3.05. The van der Waals surface area contributed by atoms with Crippen molar-refractivity contribution in [2.45, 2.75) is 116 Å². The predicted octanol–water partition coefficient (Wildman–Crippen LogP) is 6.17. The molecule has 2 aliphatic heterocycles. The van der Waals surface area contributed by atoms with Crippen molar-refractivity contribution in [1.82, 2.24) is 4.90 Å². The molecule has 5 nitrogen and oxygen atoms in total. The van der Waals surface area contributed by atoms with E-state index in [1.54, 1.807) is 7.11 Å². The molecule has 0 aromatic carbocycles. The molecule has 0 bridgehead atoms. The number of hydrogen-bond acceptors (Lipinski definition) is 4. The third kappa shape index (κ3) is 4.89. The molecule has 32 heavy (non-hydrogen) atoms. The summed E-state index contributed by atoms with van der Waals surface area (Å²) < 4.78 is 17.8. The Kier molecular flexibility index (Phi) is 7.26. The van der Waals surface area contributed by atoms with Crippen molar-refractivity contribution < 1.29 is 19.0 Å². The summed E-state index contributed by atoms with van der Waals surface area (Å²) in [6.45, 7) is 10.2. The Balaban J connectivity index is 1.57. The molecule has 0 N–H and O–H groups in total. The highest BCUT2D eigenvalue weighted by Gasteiger charge is 2.53. The van der Waals surface area contributed by atoms with Gasteiger partial charge in [-0.1, -0.05) is 31.4 Å². The minimum atomic E-state index is -0.472. The third-order valence-electron chi connectivity index (χ3n) is 8.56. The third-order valence-corrected chi connectivity index (χ3v) is 8.56. The van der Waals surface area contributed by atoms with Crippen LogP contribution in [-0.4, -0.2) is 48.2 Å². The molecule has 0 aromatic heterocycles. The molecule has 4 rings (SSSR count). The normalized spacial score (nSPS) is 42.6. The van der Waals surface area contributed by atoms with Gasteiger partial charge < -0.3 is 14.2 Å². The highest BCUT2D eigenvalue weighted by molar-refractivity contribution is 5.69. The molecule has 1 amide bonds. The number of fused-ring (bicyclic) bond motifs is 2. The first-order valence-corrected chi connectivity index (χ1v) is 13.1. The van der Waals surface area contributed by atoms with Gasteiger partial charge in [0.25, 0.3) is 0 Å². The molecular formula is C27H45NO4. The van der Waals surface area contributed by atoms with E-state index in [0.29, 0.717) is 17.8 Å². The fraction of sp³-hybridized carbons (Fsp3) is 0.889. The van der Waals surface area contributed by atoms with Crippen LogP contribution in [-0.2, 0) is 14.2 Å². The van der Waals surface area contributed by atoms with Crippen molar-refractivity contribution in [1.29, 1.82) is 0 Å². The van der Waals surface area contributed by atoms with Crippen LogP contribution in [0.4, 0.5) is 4.79 Å². The summed E-state index contributed by atoms with van der Waals surface area (Å²) in [6.07, 6.45) is 14.6. The van der Waals surface area contributed by atoms with Crippen LogP contribution in [0, 0.1) is 29.6 Å². The van der Waals surface area contributed by atoms with Crippen molar-refractivity contribution in [3.63, 3.8) is 0 Å². The predicted molar refractivity (Wildman–Crippen MR) is 126 cm³/mol. The van der Waals surface area contributed by atoms with Gasteiger partial charge in [0.1, 0.15) is 5.60 Å². The minimum absolute atomic E-state index is 0.0678. The van der Waals surface area contributed by atoms with Crippen LogP contribution >= 0.6 is 0 Å². The molecule has 2 heterocycles. The number of allylic oxidation sites excluding steroid dienone is 1. The second-order valence-electron chi connectivity index (χ2n) is 11.8.